The molecule has 0 radical (unpaired) electrons. The van der Waals surface area contributed by atoms with Crippen molar-refractivity contribution in [3.05, 3.63) is 76.4 Å². The van der Waals surface area contributed by atoms with Crippen LogP contribution in [0.25, 0.3) is 28.2 Å². The van der Waals surface area contributed by atoms with Crippen LogP contribution in [0, 0.1) is 11.3 Å². The number of rotatable bonds is 6. The van der Waals surface area contributed by atoms with E-state index in [0.29, 0.717) is 28.6 Å². The fourth-order valence-electron chi connectivity index (χ4n) is 6.25. The smallest absolute Gasteiger partial charge is 0.417 e. The first-order valence-electron chi connectivity index (χ1n) is 13.4. The molecule has 7 nitrogen and oxygen atoms in total. The van der Waals surface area contributed by atoms with E-state index >= 15 is 0 Å². The maximum atomic E-state index is 13.7. The first kappa shape index (κ1) is 26.0. The van der Waals surface area contributed by atoms with Crippen molar-refractivity contribution in [1.29, 1.82) is 0 Å². The van der Waals surface area contributed by atoms with E-state index in [-0.39, 0.29) is 16.3 Å². The van der Waals surface area contributed by atoms with E-state index in [0.717, 1.165) is 61.4 Å². The van der Waals surface area contributed by atoms with Crippen LogP contribution in [-0.2, 0) is 6.18 Å². The Hall–Kier alpha value is -3.92. The van der Waals surface area contributed by atoms with Crippen molar-refractivity contribution in [3.8, 4) is 11.3 Å². The molecule has 0 bridgehead atoms. The Morgan fingerprint density at radius 3 is 2.63 bits per heavy atom. The molecule has 1 saturated heterocycles. The zero-order valence-electron chi connectivity index (χ0n) is 21.7. The van der Waals surface area contributed by atoms with Crippen LogP contribution < -0.4 is 4.90 Å². The second kappa shape index (κ2) is 9.30. The summed E-state index contributed by atoms with van der Waals surface area (Å²) >= 11 is 6.39. The highest BCUT2D eigenvalue weighted by atomic mass is 35.5. The molecule has 4 heterocycles. The number of carboxylic acids is 1. The number of aromatic carboxylic acids is 1. The van der Waals surface area contributed by atoms with Gasteiger partial charge in [-0.05, 0) is 61.9 Å². The number of alkyl halides is 3. The maximum absolute atomic E-state index is 13.7. The second-order valence-corrected chi connectivity index (χ2v) is 11.8. The monoisotopic (exact) mass is 580 g/mol. The van der Waals surface area contributed by atoms with E-state index in [1.165, 1.54) is 12.1 Å². The molecule has 3 aromatic heterocycles. The zero-order chi connectivity index (χ0) is 28.5. The number of carboxylic acid groups (broad SMARTS) is 1. The van der Waals surface area contributed by atoms with E-state index in [1.54, 1.807) is 18.5 Å². The van der Waals surface area contributed by atoms with Gasteiger partial charge in [-0.15, -0.1) is 0 Å². The lowest BCUT2D eigenvalue weighted by atomic mass is 9.57. The normalized spacial score (nSPS) is 18.7. The third-order valence-electron chi connectivity index (χ3n) is 8.39. The zero-order valence-corrected chi connectivity index (χ0v) is 22.4. The molecule has 11 heteroatoms. The van der Waals surface area contributed by atoms with Gasteiger partial charge in [0.25, 0.3) is 0 Å². The maximum Gasteiger partial charge on any atom is 0.417 e. The lowest BCUT2D eigenvalue weighted by Gasteiger charge is -2.59. The lowest BCUT2D eigenvalue weighted by Crippen LogP contribution is -2.62. The van der Waals surface area contributed by atoms with Gasteiger partial charge in [0.05, 0.1) is 16.1 Å². The van der Waals surface area contributed by atoms with Gasteiger partial charge in [0.2, 0.25) is 0 Å². The summed E-state index contributed by atoms with van der Waals surface area (Å²) in [6.07, 6.45) is 7.03. The molecule has 7 rings (SSSR count). The summed E-state index contributed by atoms with van der Waals surface area (Å²) in [5.41, 5.74) is 1.68. The van der Waals surface area contributed by atoms with E-state index in [4.69, 9.17) is 16.1 Å². The molecule has 0 unspecified atom stereocenters. The molecule has 41 heavy (non-hydrogen) atoms. The third kappa shape index (κ3) is 4.64. The largest absolute Gasteiger partial charge is 0.477 e. The highest BCUT2D eigenvalue weighted by Gasteiger charge is 2.51. The summed E-state index contributed by atoms with van der Waals surface area (Å²) in [5.74, 6) is 0.166. The molecular weight excluding hydrogens is 557 g/mol. The summed E-state index contributed by atoms with van der Waals surface area (Å²) in [4.78, 5) is 21.3. The van der Waals surface area contributed by atoms with Gasteiger partial charge in [-0.25, -0.2) is 9.78 Å². The molecule has 1 aromatic carbocycles. The molecule has 1 spiro atoms. The van der Waals surface area contributed by atoms with Gasteiger partial charge in [0, 0.05) is 59.0 Å². The highest BCUT2D eigenvalue weighted by molar-refractivity contribution is 6.33. The van der Waals surface area contributed by atoms with Crippen molar-refractivity contribution in [2.75, 3.05) is 18.0 Å². The van der Waals surface area contributed by atoms with Crippen LogP contribution in [0.1, 0.15) is 59.0 Å². The van der Waals surface area contributed by atoms with E-state index in [2.05, 4.69) is 32.2 Å². The van der Waals surface area contributed by atoms with Crippen molar-refractivity contribution in [2.45, 2.75) is 37.8 Å². The molecule has 3 aliphatic rings. The van der Waals surface area contributed by atoms with Crippen LogP contribution in [0.3, 0.4) is 0 Å². The Labute approximate surface area is 237 Å². The molecule has 2 saturated carbocycles. The van der Waals surface area contributed by atoms with Gasteiger partial charge in [0.1, 0.15) is 17.1 Å². The van der Waals surface area contributed by atoms with Crippen LogP contribution in [-0.4, -0.2) is 39.3 Å². The van der Waals surface area contributed by atoms with Gasteiger partial charge in [0.15, 0.2) is 0 Å². The SMILES string of the molecule is O=C(O)c1cc(C(F)(F)F)c2cc(N3CC4(CC(C=Cc5c(-c6ccncc6Cl)noc5C5CC5)C4)C3)ccc2n1. The van der Waals surface area contributed by atoms with Crippen molar-refractivity contribution in [3.63, 3.8) is 0 Å². The topological polar surface area (TPSA) is 92.3 Å². The minimum atomic E-state index is -4.69. The minimum Gasteiger partial charge on any atom is -0.477 e. The number of carbonyl (C=O) groups is 1. The summed E-state index contributed by atoms with van der Waals surface area (Å²) in [6.45, 7) is 1.51. The lowest BCUT2D eigenvalue weighted by molar-refractivity contribution is -0.136. The molecule has 0 atom stereocenters. The fraction of sp³-hybridized carbons (Fsp3) is 0.333. The fourth-order valence-corrected chi connectivity index (χ4v) is 6.46. The predicted molar refractivity (Wildman–Crippen MR) is 147 cm³/mol. The number of allylic oxidation sites excluding steroid dienone is 1. The van der Waals surface area contributed by atoms with Gasteiger partial charge in [-0.2, -0.15) is 13.2 Å². The van der Waals surface area contributed by atoms with Crippen molar-refractivity contribution >= 4 is 40.2 Å². The molecule has 1 N–H and O–H groups in total. The number of aromatic nitrogens is 3. The Morgan fingerprint density at radius 1 is 1.17 bits per heavy atom. The number of anilines is 1. The number of benzene rings is 1. The van der Waals surface area contributed by atoms with Crippen molar-refractivity contribution in [1.82, 2.24) is 15.1 Å². The summed E-state index contributed by atoms with van der Waals surface area (Å²) in [5, 5.41) is 13.9. The number of halogens is 4. The van der Waals surface area contributed by atoms with Crippen LogP contribution in [0.15, 0.2) is 53.3 Å². The number of hydrogen-bond donors (Lipinski definition) is 1. The molecule has 2 aliphatic carbocycles. The number of pyridine rings is 2. The average molecular weight is 581 g/mol. The standard InChI is InChI=1S/C30H24ClF3N4O3/c31-23-13-35-8-7-19(23)26-20(27(41-37-26)17-2-3-17)5-1-16-11-29(12-16)14-38(15-29)18-4-6-24-21(9-18)22(30(32,33)34)10-25(36-24)28(39)40/h1,4-10,13,16-17H,2-3,11-12,14-15H2,(H,39,40). The Morgan fingerprint density at radius 2 is 1.95 bits per heavy atom. The van der Waals surface area contributed by atoms with E-state index in [1.807, 2.05) is 6.07 Å². The molecule has 0 amide bonds. The van der Waals surface area contributed by atoms with Crippen LogP contribution >= 0.6 is 11.6 Å². The summed E-state index contributed by atoms with van der Waals surface area (Å²) in [6, 6.07) is 7.08. The quantitative estimate of drug-likeness (QED) is 0.253. The molecular formula is C30H24ClF3N4O3. The molecule has 210 valence electrons. The van der Waals surface area contributed by atoms with Crippen LogP contribution in [0.5, 0.6) is 0 Å². The highest BCUT2D eigenvalue weighted by Crippen LogP contribution is 2.54. The summed E-state index contributed by atoms with van der Waals surface area (Å²) < 4.78 is 47.0. The first-order chi connectivity index (χ1) is 19.6. The molecule has 1 aliphatic heterocycles. The van der Waals surface area contributed by atoms with Gasteiger partial charge >= 0.3 is 12.1 Å². The number of fused-ring (bicyclic) bond motifs is 1. The predicted octanol–water partition coefficient (Wildman–Crippen LogP) is 7.46. The summed E-state index contributed by atoms with van der Waals surface area (Å²) in [7, 11) is 0. The number of hydrogen-bond acceptors (Lipinski definition) is 6. The third-order valence-corrected chi connectivity index (χ3v) is 8.69. The first-order valence-corrected chi connectivity index (χ1v) is 13.8. The Bertz CT molecular complexity index is 1720. The number of nitrogens with zero attached hydrogens (tertiary/aromatic N) is 4. The van der Waals surface area contributed by atoms with E-state index in [9.17, 15) is 23.1 Å². The van der Waals surface area contributed by atoms with Crippen molar-refractivity contribution < 1.29 is 27.6 Å². The van der Waals surface area contributed by atoms with Gasteiger partial charge < -0.3 is 14.5 Å². The Kier molecular flexibility index (Phi) is 5.90. The van der Waals surface area contributed by atoms with Gasteiger partial charge in [-0.3, -0.25) is 4.98 Å². The van der Waals surface area contributed by atoms with Crippen LogP contribution in [0.4, 0.5) is 18.9 Å². The minimum absolute atomic E-state index is 0.0109. The second-order valence-electron chi connectivity index (χ2n) is 11.4. The van der Waals surface area contributed by atoms with E-state index < -0.39 is 23.4 Å². The van der Waals surface area contributed by atoms with Crippen molar-refractivity contribution in [2.24, 2.45) is 11.3 Å². The van der Waals surface area contributed by atoms with Gasteiger partial charge in [-0.1, -0.05) is 28.9 Å². The molecule has 4 aromatic rings. The average Bonchev–Trinajstić information content (AvgIpc) is 3.65. The molecule has 3 fully saturated rings. The Balaban J connectivity index is 1.06. The van der Waals surface area contributed by atoms with Crippen LogP contribution in [0.2, 0.25) is 5.02 Å².